The van der Waals surface area contributed by atoms with E-state index in [1.165, 1.54) is 11.3 Å². The van der Waals surface area contributed by atoms with Crippen LogP contribution in [0, 0.1) is 0 Å². The van der Waals surface area contributed by atoms with Crippen LogP contribution in [0.15, 0.2) is 29.1 Å². The molecular formula is C10H10N2OS. The predicted molar refractivity (Wildman–Crippen MR) is 56.4 cm³/mol. The van der Waals surface area contributed by atoms with Crippen molar-refractivity contribution in [2.24, 2.45) is 5.73 Å². The van der Waals surface area contributed by atoms with Gasteiger partial charge in [-0.1, -0.05) is 0 Å². The van der Waals surface area contributed by atoms with Gasteiger partial charge in [-0.3, -0.25) is 4.79 Å². The minimum absolute atomic E-state index is 0.0437. The first-order valence-corrected chi connectivity index (χ1v) is 5.20. The Labute approximate surface area is 85.6 Å². The molecule has 2 rings (SSSR count). The van der Waals surface area contributed by atoms with E-state index >= 15 is 0 Å². The molecular weight excluding hydrogens is 196 g/mol. The summed E-state index contributed by atoms with van der Waals surface area (Å²) in [5, 5.41) is 3.74. The molecule has 0 aromatic carbocycles. The Kier molecular flexibility index (Phi) is 2.47. The minimum atomic E-state index is 0.0437. The third-order valence-electron chi connectivity index (χ3n) is 2.01. The van der Waals surface area contributed by atoms with E-state index in [0.717, 1.165) is 11.3 Å². The normalized spacial score (nSPS) is 10.4. The number of nitrogens with two attached hydrogens (primary N) is 1. The molecule has 0 aliphatic rings. The van der Waals surface area contributed by atoms with E-state index in [0.29, 0.717) is 12.1 Å². The fourth-order valence-electron chi connectivity index (χ4n) is 1.25. The van der Waals surface area contributed by atoms with Gasteiger partial charge in [-0.25, -0.2) is 0 Å². The summed E-state index contributed by atoms with van der Waals surface area (Å²) in [6.07, 6.45) is 1.70. The number of H-pyrrole nitrogens is 1. The summed E-state index contributed by atoms with van der Waals surface area (Å²) >= 11 is 1.52. The number of hydrogen-bond acceptors (Lipinski definition) is 3. The van der Waals surface area contributed by atoms with E-state index in [2.05, 4.69) is 4.98 Å². The minimum Gasteiger partial charge on any atom is -0.363 e. The molecule has 0 saturated carbocycles. The zero-order valence-corrected chi connectivity index (χ0v) is 8.30. The summed E-state index contributed by atoms with van der Waals surface area (Å²) < 4.78 is 0. The van der Waals surface area contributed by atoms with Crippen molar-refractivity contribution in [3.05, 3.63) is 45.9 Å². The standard InChI is InChI=1S/C10H10N2OS/c11-4-9-3-8(5-12-9)10(13)7-1-2-14-6-7/h1-3,5-6,12H,4,11H2. The number of aromatic nitrogens is 1. The highest BCUT2D eigenvalue weighted by atomic mass is 32.1. The van der Waals surface area contributed by atoms with Crippen LogP contribution in [0.3, 0.4) is 0 Å². The lowest BCUT2D eigenvalue weighted by Gasteiger charge is -1.91. The van der Waals surface area contributed by atoms with Gasteiger partial charge >= 0.3 is 0 Å². The van der Waals surface area contributed by atoms with Crippen molar-refractivity contribution in [3.63, 3.8) is 0 Å². The Balaban J connectivity index is 2.28. The summed E-state index contributed by atoms with van der Waals surface area (Å²) in [6, 6.07) is 3.61. The molecule has 2 aromatic rings. The van der Waals surface area contributed by atoms with Gasteiger partial charge in [-0.15, -0.1) is 0 Å². The van der Waals surface area contributed by atoms with Crippen molar-refractivity contribution in [1.82, 2.24) is 4.98 Å². The largest absolute Gasteiger partial charge is 0.363 e. The van der Waals surface area contributed by atoms with Crippen LogP contribution in [0.5, 0.6) is 0 Å². The quantitative estimate of drug-likeness (QED) is 0.752. The second-order valence-electron chi connectivity index (χ2n) is 2.96. The van der Waals surface area contributed by atoms with Gasteiger partial charge in [0, 0.05) is 34.9 Å². The van der Waals surface area contributed by atoms with Crippen molar-refractivity contribution < 1.29 is 4.79 Å². The number of ketones is 1. The van der Waals surface area contributed by atoms with Gasteiger partial charge in [0.05, 0.1) is 0 Å². The average Bonchev–Trinajstić information content (AvgIpc) is 2.88. The molecule has 3 N–H and O–H groups in total. The number of carbonyl (C=O) groups is 1. The van der Waals surface area contributed by atoms with Crippen LogP contribution in [-0.2, 0) is 6.54 Å². The lowest BCUT2D eigenvalue weighted by molar-refractivity contribution is 0.103. The first-order chi connectivity index (χ1) is 6.81. The Hall–Kier alpha value is -1.39. The van der Waals surface area contributed by atoms with E-state index in [1.807, 2.05) is 16.8 Å². The summed E-state index contributed by atoms with van der Waals surface area (Å²) in [5.74, 6) is 0.0437. The van der Waals surface area contributed by atoms with Crippen LogP contribution in [0.1, 0.15) is 21.6 Å². The number of thiophene rings is 1. The van der Waals surface area contributed by atoms with E-state index < -0.39 is 0 Å². The molecule has 0 aliphatic carbocycles. The Morgan fingerprint density at radius 2 is 2.36 bits per heavy atom. The molecule has 2 aromatic heterocycles. The van der Waals surface area contributed by atoms with Crippen LogP contribution in [0.4, 0.5) is 0 Å². The van der Waals surface area contributed by atoms with Crippen molar-refractivity contribution in [3.8, 4) is 0 Å². The molecule has 0 bridgehead atoms. The van der Waals surface area contributed by atoms with Crippen molar-refractivity contribution >= 4 is 17.1 Å². The van der Waals surface area contributed by atoms with Gasteiger partial charge < -0.3 is 10.7 Å². The Morgan fingerprint density at radius 1 is 1.50 bits per heavy atom. The van der Waals surface area contributed by atoms with Crippen molar-refractivity contribution in [2.75, 3.05) is 0 Å². The van der Waals surface area contributed by atoms with Gasteiger partial charge in [-0.2, -0.15) is 11.3 Å². The van der Waals surface area contributed by atoms with Crippen LogP contribution in [0.2, 0.25) is 0 Å². The third-order valence-corrected chi connectivity index (χ3v) is 2.69. The molecule has 0 unspecified atom stereocenters. The van der Waals surface area contributed by atoms with Gasteiger partial charge in [-0.05, 0) is 17.5 Å². The van der Waals surface area contributed by atoms with Gasteiger partial charge in [0.15, 0.2) is 5.78 Å². The molecule has 4 heteroatoms. The second-order valence-corrected chi connectivity index (χ2v) is 3.74. The molecule has 0 fully saturated rings. The van der Waals surface area contributed by atoms with E-state index in [1.54, 1.807) is 12.3 Å². The highest BCUT2D eigenvalue weighted by Crippen LogP contribution is 2.13. The topological polar surface area (TPSA) is 58.9 Å². The zero-order chi connectivity index (χ0) is 9.97. The molecule has 0 radical (unpaired) electrons. The van der Waals surface area contributed by atoms with Gasteiger partial charge in [0.1, 0.15) is 0 Å². The maximum atomic E-state index is 11.8. The molecule has 0 atom stereocenters. The van der Waals surface area contributed by atoms with Gasteiger partial charge in [0.25, 0.3) is 0 Å². The smallest absolute Gasteiger partial charge is 0.195 e. The molecule has 72 valence electrons. The second kappa shape index (κ2) is 3.77. The predicted octanol–water partition coefficient (Wildman–Crippen LogP) is 1.77. The number of carbonyl (C=O) groups excluding carboxylic acids is 1. The van der Waals surface area contributed by atoms with E-state index in [-0.39, 0.29) is 5.78 Å². The van der Waals surface area contributed by atoms with Crippen LogP contribution in [-0.4, -0.2) is 10.8 Å². The lowest BCUT2D eigenvalue weighted by atomic mass is 10.1. The molecule has 0 amide bonds. The number of nitrogens with one attached hydrogen (secondary N) is 1. The summed E-state index contributed by atoms with van der Waals surface area (Å²) in [4.78, 5) is 14.7. The first-order valence-electron chi connectivity index (χ1n) is 4.25. The fraction of sp³-hybridized carbons (Fsp3) is 0.100. The van der Waals surface area contributed by atoms with Crippen LogP contribution >= 0.6 is 11.3 Å². The molecule has 0 saturated heterocycles. The van der Waals surface area contributed by atoms with Crippen molar-refractivity contribution in [2.45, 2.75) is 6.54 Å². The first kappa shape index (κ1) is 9.18. The van der Waals surface area contributed by atoms with Gasteiger partial charge in [0.2, 0.25) is 0 Å². The summed E-state index contributed by atoms with van der Waals surface area (Å²) in [5.41, 5.74) is 7.72. The summed E-state index contributed by atoms with van der Waals surface area (Å²) in [7, 11) is 0. The third kappa shape index (κ3) is 1.62. The lowest BCUT2D eigenvalue weighted by Crippen LogP contribution is -1.98. The highest BCUT2D eigenvalue weighted by Gasteiger charge is 2.10. The molecule has 2 heterocycles. The van der Waals surface area contributed by atoms with E-state index in [9.17, 15) is 4.79 Å². The van der Waals surface area contributed by atoms with Crippen LogP contribution in [0.25, 0.3) is 0 Å². The fourth-order valence-corrected chi connectivity index (χ4v) is 1.89. The molecule has 3 nitrogen and oxygen atoms in total. The SMILES string of the molecule is NCc1cc(C(=O)c2ccsc2)c[nH]1. The van der Waals surface area contributed by atoms with E-state index in [4.69, 9.17) is 5.73 Å². The highest BCUT2D eigenvalue weighted by molar-refractivity contribution is 7.08. The molecule has 0 aliphatic heterocycles. The number of rotatable bonds is 3. The maximum Gasteiger partial charge on any atom is 0.195 e. The summed E-state index contributed by atoms with van der Waals surface area (Å²) in [6.45, 7) is 0.427. The zero-order valence-electron chi connectivity index (χ0n) is 7.49. The number of hydrogen-bond donors (Lipinski definition) is 2. The molecule has 0 spiro atoms. The monoisotopic (exact) mass is 206 g/mol. The number of aromatic amines is 1. The Bertz CT molecular complexity index is 431. The maximum absolute atomic E-state index is 11.8. The molecule has 14 heavy (non-hydrogen) atoms. The van der Waals surface area contributed by atoms with Crippen LogP contribution < -0.4 is 5.73 Å². The average molecular weight is 206 g/mol. The van der Waals surface area contributed by atoms with Crippen molar-refractivity contribution in [1.29, 1.82) is 0 Å². The Morgan fingerprint density at radius 3 is 2.93 bits per heavy atom.